The minimum Gasteiger partial charge on any atom is -0.497 e. The van der Waals surface area contributed by atoms with Crippen LogP contribution in [0.25, 0.3) is 0 Å². The Hall–Kier alpha value is -2.00. The lowest BCUT2D eigenvalue weighted by molar-refractivity contribution is 0.153. The molecule has 1 heterocycles. The lowest BCUT2D eigenvalue weighted by atomic mass is 9.93. The molecule has 0 amide bonds. The van der Waals surface area contributed by atoms with E-state index in [2.05, 4.69) is 23.5 Å². The first-order chi connectivity index (χ1) is 9.81. The van der Waals surface area contributed by atoms with Crippen LogP contribution in [0.15, 0.2) is 48.5 Å². The number of ether oxygens (including phenoxy) is 2. The van der Waals surface area contributed by atoms with Gasteiger partial charge in [0.1, 0.15) is 17.6 Å². The predicted octanol–water partition coefficient (Wildman–Crippen LogP) is 3.48. The summed E-state index contributed by atoms with van der Waals surface area (Å²) in [4.78, 5) is 0. The molecule has 0 saturated carbocycles. The Kier molecular flexibility index (Phi) is 3.61. The Morgan fingerprint density at radius 1 is 1.15 bits per heavy atom. The molecular formula is C17H19NO2. The van der Waals surface area contributed by atoms with E-state index >= 15 is 0 Å². The van der Waals surface area contributed by atoms with Crippen molar-refractivity contribution >= 4 is 0 Å². The highest BCUT2D eigenvalue weighted by molar-refractivity contribution is 5.44. The monoisotopic (exact) mass is 269 g/mol. The average molecular weight is 269 g/mol. The molecule has 104 valence electrons. The van der Waals surface area contributed by atoms with Gasteiger partial charge in [0.25, 0.3) is 0 Å². The number of benzene rings is 2. The number of hydrogen-bond acceptors (Lipinski definition) is 3. The summed E-state index contributed by atoms with van der Waals surface area (Å²) in [6.07, 6.45) is 1.01. The molecule has 1 aliphatic heterocycles. The van der Waals surface area contributed by atoms with Gasteiger partial charge >= 0.3 is 0 Å². The summed E-state index contributed by atoms with van der Waals surface area (Å²) in [6.45, 7) is 0. The van der Waals surface area contributed by atoms with Gasteiger partial charge in [-0.1, -0.05) is 36.4 Å². The Labute approximate surface area is 119 Å². The summed E-state index contributed by atoms with van der Waals surface area (Å²) < 4.78 is 11.5. The van der Waals surface area contributed by atoms with Crippen LogP contribution in [0.1, 0.15) is 29.7 Å². The lowest BCUT2D eigenvalue weighted by Crippen LogP contribution is -2.26. The van der Waals surface area contributed by atoms with Crippen LogP contribution < -0.4 is 14.8 Å². The Bertz CT molecular complexity index is 583. The van der Waals surface area contributed by atoms with Crippen molar-refractivity contribution in [3.8, 4) is 11.5 Å². The van der Waals surface area contributed by atoms with E-state index in [0.29, 0.717) is 6.04 Å². The molecule has 3 nitrogen and oxygen atoms in total. The van der Waals surface area contributed by atoms with Crippen LogP contribution in [0.4, 0.5) is 0 Å². The molecule has 0 radical (unpaired) electrons. The van der Waals surface area contributed by atoms with Crippen LogP contribution in [0, 0.1) is 0 Å². The molecule has 1 aliphatic rings. The van der Waals surface area contributed by atoms with Crippen LogP contribution in [-0.2, 0) is 0 Å². The van der Waals surface area contributed by atoms with Gasteiger partial charge in [0.2, 0.25) is 0 Å². The molecule has 3 rings (SSSR count). The fourth-order valence-electron chi connectivity index (χ4n) is 2.72. The number of hydrogen-bond donors (Lipinski definition) is 1. The van der Waals surface area contributed by atoms with E-state index in [-0.39, 0.29) is 6.10 Å². The van der Waals surface area contributed by atoms with Crippen molar-refractivity contribution in [2.45, 2.75) is 18.6 Å². The van der Waals surface area contributed by atoms with E-state index in [0.717, 1.165) is 17.9 Å². The first kappa shape index (κ1) is 13.0. The second-order valence-corrected chi connectivity index (χ2v) is 5.00. The molecule has 2 aromatic carbocycles. The molecule has 0 saturated heterocycles. The Morgan fingerprint density at radius 2 is 1.95 bits per heavy atom. The summed E-state index contributed by atoms with van der Waals surface area (Å²) >= 11 is 0. The van der Waals surface area contributed by atoms with Gasteiger partial charge in [-0.25, -0.2) is 0 Å². The van der Waals surface area contributed by atoms with Crippen LogP contribution >= 0.6 is 0 Å². The second kappa shape index (κ2) is 5.55. The third-order valence-electron chi connectivity index (χ3n) is 3.83. The molecule has 1 N–H and O–H groups in total. The summed E-state index contributed by atoms with van der Waals surface area (Å²) in [5, 5.41) is 3.38. The largest absolute Gasteiger partial charge is 0.497 e. The quantitative estimate of drug-likeness (QED) is 0.925. The average Bonchev–Trinajstić information content (AvgIpc) is 2.54. The van der Waals surface area contributed by atoms with Crippen LogP contribution in [0.3, 0.4) is 0 Å². The molecule has 0 bridgehead atoms. The first-order valence-electron chi connectivity index (χ1n) is 6.88. The minimum absolute atomic E-state index is 0.0771. The highest BCUT2D eigenvalue weighted by atomic mass is 16.5. The zero-order chi connectivity index (χ0) is 13.9. The van der Waals surface area contributed by atoms with Gasteiger partial charge in [-0.2, -0.15) is 0 Å². The van der Waals surface area contributed by atoms with Gasteiger partial charge < -0.3 is 14.8 Å². The molecule has 3 heteroatoms. The molecule has 0 fully saturated rings. The molecular weight excluding hydrogens is 250 g/mol. The SMILES string of the molecule is CNC1CC(c2ccccc2)Oc2cc(OC)ccc21. The molecule has 2 aromatic rings. The van der Waals surface area contributed by atoms with Gasteiger partial charge in [-0.3, -0.25) is 0 Å². The molecule has 2 atom stereocenters. The lowest BCUT2D eigenvalue weighted by Gasteiger charge is -2.32. The van der Waals surface area contributed by atoms with E-state index in [1.54, 1.807) is 7.11 Å². The number of rotatable bonds is 3. The number of nitrogens with one attached hydrogen (secondary N) is 1. The minimum atomic E-state index is 0.0771. The first-order valence-corrected chi connectivity index (χ1v) is 6.88. The van der Waals surface area contributed by atoms with Crippen LogP contribution in [-0.4, -0.2) is 14.2 Å². The van der Waals surface area contributed by atoms with Crippen molar-refractivity contribution in [3.05, 3.63) is 59.7 Å². The number of fused-ring (bicyclic) bond motifs is 1. The zero-order valence-corrected chi connectivity index (χ0v) is 11.8. The third kappa shape index (κ3) is 2.37. The van der Waals surface area contributed by atoms with Gasteiger partial charge in [-0.05, 0) is 18.7 Å². The maximum absolute atomic E-state index is 6.17. The van der Waals surface area contributed by atoms with E-state index < -0.39 is 0 Å². The fraction of sp³-hybridized carbons (Fsp3) is 0.294. The molecule has 2 unspecified atom stereocenters. The summed E-state index contributed by atoms with van der Waals surface area (Å²) in [7, 11) is 3.67. The Morgan fingerprint density at radius 3 is 2.65 bits per heavy atom. The normalized spacial score (nSPS) is 20.9. The Balaban J connectivity index is 1.96. The molecule has 0 aromatic heterocycles. The van der Waals surface area contributed by atoms with Crippen molar-refractivity contribution in [2.75, 3.05) is 14.2 Å². The predicted molar refractivity (Wildman–Crippen MR) is 79.2 cm³/mol. The smallest absolute Gasteiger partial charge is 0.128 e. The summed E-state index contributed by atoms with van der Waals surface area (Å²) in [6, 6.07) is 16.7. The fourth-order valence-corrected chi connectivity index (χ4v) is 2.72. The second-order valence-electron chi connectivity index (χ2n) is 5.00. The standard InChI is InChI=1S/C17H19NO2/c1-18-15-11-16(12-6-4-3-5-7-12)20-17-10-13(19-2)8-9-14(15)17/h3-10,15-16,18H,11H2,1-2H3. The van der Waals surface area contributed by atoms with Gasteiger partial charge in [0, 0.05) is 24.1 Å². The molecule has 20 heavy (non-hydrogen) atoms. The van der Waals surface area contributed by atoms with Crippen molar-refractivity contribution < 1.29 is 9.47 Å². The molecule has 0 aliphatic carbocycles. The van der Waals surface area contributed by atoms with Gasteiger partial charge in [0.05, 0.1) is 7.11 Å². The van der Waals surface area contributed by atoms with Gasteiger partial charge in [0.15, 0.2) is 0 Å². The van der Waals surface area contributed by atoms with Crippen molar-refractivity contribution in [1.82, 2.24) is 5.32 Å². The van der Waals surface area contributed by atoms with E-state index in [9.17, 15) is 0 Å². The number of methoxy groups -OCH3 is 1. The van der Waals surface area contributed by atoms with Crippen molar-refractivity contribution in [3.63, 3.8) is 0 Å². The summed E-state index contributed by atoms with van der Waals surface area (Å²) in [5.41, 5.74) is 2.40. The topological polar surface area (TPSA) is 30.5 Å². The van der Waals surface area contributed by atoms with Gasteiger partial charge in [-0.15, -0.1) is 0 Å². The van der Waals surface area contributed by atoms with E-state index in [1.807, 2.05) is 37.4 Å². The highest BCUT2D eigenvalue weighted by Gasteiger charge is 2.28. The van der Waals surface area contributed by atoms with E-state index in [4.69, 9.17) is 9.47 Å². The van der Waals surface area contributed by atoms with Crippen molar-refractivity contribution in [2.24, 2.45) is 0 Å². The maximum atomic E-state index is 6.17. The molecule has 0 spiro atoms. The zero-order valence-electron chi connectivity index (χ0n) is 11.8. The van der Waals surface area contributed by atoms with Crippen LogP contribution in [0.2, 0.25) is 0 Å². The van der Waals surface area contributed by atoms with Crippen molar-refractivity contribution in [1.29, 1.82) is 0 Å². The maximum Gasteiger partial charge on any atom is 0.128 e. The summed E-state index contributed by atoms with van der Waals surface area (Å²) in [5.74, 6) is 1.73. The van der Waals surface area contributed by atoms with E-state index in [1.165, 1.54) is 11.1 Å². The van der Waals surface area contributed by atoms with Crippen LogP contribution in [0.5, 0.6) is 11.5 Å². The third-order valence-corrected chi connectivity index (χ3v) is 3.83. The highest BCUT2D eigenvalue weighted by Crippen LogP contribution is 2.42.